The van der Waals surface area contributed by atoms with Crippen molar-refractivity contribution in [3.8, 4) is 5.75 Å². The Kier molecular flexibility index (Phi) is 4.53. The first-order valence-electron chi connectivity index (χ1n) is 8.29. The number of phenols is 1. The lowest BCUT2D eigenvalue weighted by molar-refractivity contribution is 0.134. The zero-order valence-electron chi connectivity index (χ0n) is 14.0. The molecule has 1 unspecified atom stereocenters. The number of rotatable bonds is 4. The predicted octanol–water partition coefficient (Wildman–Crippen LogP) is 4.50. The fraction of sp³-hybridized carbons (Fsp3) is 0.333. The number of allylic oxidation sites excluding steroid dienone is 1. The number of aromatic hydroxyl groups is 1. The summed E-state index contributed by atoms with van der Waals surface area (Å²) in [6.07, 6.45) is 6.61. The van der Waals surface area contributed by atoms with Crippen LogP contribution in [-0.4, -0.2) is 24.1 Å². The van der Waals surface area contributed by atoms with Crippen LogP contribution < -0.4 is 0 Å². The fourth-order valence-corrected chi connectivity index (χ4v) is 3.65. The van der Waals surface area contributed by atoms with Crippen LogP contribution in [-0.2, 0) is 12.0 Å². The van der Waals surface area contributed by atoms with E-state index in [1.54, 1.807) is 6.07 Å². The maximum Gasteiger partial charge on any atom is 0.115 e. The second-order valence-electron chi connectivity index (χ2n) is 6.71. The molecule has 0 aromatic heterocycles. The van der Waals surface area contributed by atoms with Gasteiger partial charge in [-0.2, -0.15) is 0 Å². The summed E-state index contributed by atoms with van der Waals surface area (Å²) in [4.78, 5) is 2.37. The number of phenolic OH excluding ortho intramolecular Hbond substituents is 1. The van der Waals surface area contributed by atoms with Gasteiger partial charge in [0.1, 0.15) is 5.75 Å². The van der Waals surface area contributed by atoms with Gasteiger partial charge in [0.2, 0.25) is 0 Å². The molecule has 0 spiro atoms. The average molecular weight is 307 g/mol. The molecule has 2 nitrogen and oxygen atoms in total. The Hall–Kier alpha value is -2.06. The Morgan fingerprint density at radius 3 is 2.43 bits per heavy atom. The normalized spacial score (nSPS) is 21.3. The lowest BCUT2D eigenvalue weighted by Crippen LogP contribution is -2.42. The highest BCUT2D eigenvalue weighted by molar-refractivity contribution is 5.33. The first kappa shape index (κ1) is 15.8. The van der Waals surface area contributed by atoms with Crippen LogP contribution in [0.1, 0.15) is 30.4 Å². The second kappa shape index (κ2) is 6.59. The molecule has 2 heteroatoms. The van der Waals surface area contributed by atoms with Crippen molar-refractivity contribution in [1.82, 2.24) is 4.90 Å². The molecule has 1 aliphatic rings. The topological polar surface area (TPSA) is 23.5 Å². The van der Waals surface area contributed by atoms with E-state index in [9.17, 15) is 5.11 Å². The molecule has 0 amide bonds. The summed E-state index contributed by atoms with van der Waals surface area (Å²) in [5.74, 6) is 0.353. The maximum absolute atomic E-state index is 9.62. The molecular weight excluding hydrogens is 282 g/mol. The number of hydrogen-bond acceptors (Lipinski definition) is 2. The molecule has 0 aliphatic heterocycles. The lowest BCUT2D eigenvalue weighted by atomic mass is 9.75. The van der Waals surface area contributed by atoms with Gasteiger partial charge in [-0.15, -0.1) is 0 Å². The van der Waals surface area contributed by atoms with Crippen molar-refractivity contribution in [2.75, 3.05) is 14.1 Å². The molecule has 120 valence electrons. The second-order valence-corrected chi connectivity index (χ2v) is 6.71. The summed E-state index contributed by atoms with van der Waals surface area (Å²) in [5, 5.41) is 9.62. The van der Waals surface area contributed by atoms with Crippen molar-refractivity contribution in [2.45, 2.75) is 31.2 Å². The smallest absolute Gasteiger partial charge is 0.115 e. The Morgan fingerprint density at radius 1 is 1.04 bits per heavy atom. The van der Waals surface area contributed by atoms with Gasteiger partial charge in [0.25, 0.3) is 0 Å². The molecule has 1 atom stereocenters. The molecule has 0 bridgehead atoms. The Balaban J connectivity index is 1.80. The zero-order valence-corrected chi connectivity index (χ0v) is 14.0. The van der Waals surface area contributed by atoms with Crippen LogP contribution in [0, 0.1) is 0 Å². The molecule has 3 rings (SSSR count). The van der Waals surface area contributed by atoms with E-state index >= 15 is 0 Å². The van der Waals surface area contributed by atoms with Crippen LogP contribution in [0.5, 0.6) is 5.75 Å². The molecule has 1 aliphatic carbocycles. The van der Waals surface area contributed by atoms with Crippen LogP contribution in [0.2, 0.25) is 0 Å². The molecule has 0 heterocycles. The Morgan fingerprint density at radius 2 is 1.83 bits per heavy atom. The average Bonchev–Trinajstić information content (AvgIpc) is 2.56. The standard InChI is InChI=1S/C21H25NO/c1-22(2)21(19-8-4-3-5-9-19)13-11-17(12-14-21)15-18-7-6-10-20(23)16-18/h3-11,16,23H,12-15H2,1-2H3. The summed E-state index contributed by atoms with van der Waals surface area (Å²) in [6.45, 7) is 0. The van der Waals surface area contributed by atoms with Crippen LogP contribution >= 0.6 is 0 Å². The van der Waals surface area contributed by atoms with Crippen molar-refractivity contribution in [3.05, 3.63) is 77.4 Å². The summed E-state index contributed by atoms with van der Waals surface area (Å²) in [5.41, 5.74) is 4.17. The van der Waals surface area contributed by atoms with E-state index in [0.717, 1.165) is 25.7 Å². The Labute approximate surface area is 139 Å². The van der Waals surface area contributed by atoms with E-state index in [-0.39, 0.29) is 5.54 Å². The highest BCUT2D eigenvalue weighted by atomic mass is 16.3. The molecule has 2 aromatic carbocycles. The summed E-state index contributed by atoms with van der Waals surface area (Å²) >= 11 is 0. The zero-order chi connectivity index (χ0) is 16.3. The van der Waals surface area contributed by atoms with Gasteiger partial charge in [0, 0.05) is 5.54 Å². The van der Waals surface area contributed by atoms with Crippen LogP contribution in [0.25, 0.3) is 0 Å². The van der Waals surface area contributed by atoms with Crippen molar-refractivity contribution < 1.29 is 5.11 Å². The van der Waals surface area contributed by atoms with Crippen molar-refractivity contribution in [3.63, 3.8) is 0 Å². The van der Waals surface area contributed by atoms with Gasteiger partial charge in [-0.1, -0.05) is 54.1 Å². The summed E-state index contributed by atoms with van der Waals surface area (Å²) < 4.78 is 0. The number of hydrogen-bond donors (Lipinski definition) is 1. The third kappa shape index (κ3) is 3.32. The third-order valence-corrected chi connectivity index (χ3v) is 5.10. The first-order valence-corrected chi connectivity index (χ1v) is 8.29. The van der Waals surface area contributed by atoms with Crippen molar-refractivity contribution in [1.29, 1.82) is 0 Å². The molecule has 0 radical (unpaired) electrons. The summed E-state index contributed by atoms with van der Waals surface area (Å²) in [7, 11) is 4.36. The van der Waals surface area contributed by atoms with Gasteiger partial charge in [0.15, 0.2) is 0 Å². The van der Waals surface area contributed by atoms with Crippen LogP contribution in [0.4, 0.5) is 0 Å². The van der Waals surface area contributed by atoms with Crippen LogP contribution in [0.15, 0.2) is 66.2 Å². The van der Waals surface area contributed by atoms with E-state index in [1.807, 2.05) is 12.1 Å². The van der Waals surface area contributed by atoms with E-state index in [1.165, 1.54) is 16.7 Å². The first-order chi connectivity index (χ1) is 11.1. The van der Waals surface area contributed by atoms with Gasteiger partial charge >= 0.3 is 0 Å². The molecule has 23 heavy (non-hydrogen) atoms. The van der Waals surface area contributed by atoms with E-state index in [4.69, 9.17) is 0 Å². The van der Waals surface area contributed by atoms with Crippen LogP contribution in [0.3, 0.4) is 0 Å². The molecular formula is C21H25NO. The highest BCUT2D eigenvalue weighted by Gasteiger charge is 2.35. The lowest BCUT2D eigenvalue weighted by Gasteiger charge is -2.43. The SMILES string of the molecule is CN(C)C1(c2ccccc2)CC=C(Cc2cccc(O)c2)CC1. The van der Waals surface area contributed by atoms with Crippen molar-refractivity contribution in [2.24, 2.45) is 0 Å². The minimum absolute atomic E-state index is 0.101. The quantitative estimate of drug-likeness (QED) is 0.841. The Bertz CT molecular complexity index is 690. The van der Waals surface area contributed by atoms with Gasteiger partial charge < -0.3 is 5.11 Å². The molecule has 0 saturated heterocycles. The minimum atomic E-state index is 0.101. The molecule has 1 N–H and O–H groups in total. The molecule has 0 saturated carbocycles. The maximum atomic E-state index is 9.62. The number of benzene rings is 2. The van der Waals surface area contributed by atoms with Gasteiger partial charge in [-0.3, -0.25) is 4.90 Å². The molecule has 0 fully saturated rings. The van der Waals surface area contributed by atoms with E-state index in [2.05, 4.69) is 61.5 Å². The minimum Gasteiger partial charge on any atom is -0.508 e. The summed E-state index contributed by atoms with van der Waals surface area (Å²) in [6, 6.07) is 18.4. The highest BCUT2D eigenvalue weighted by Crippen LogP contribution is 2.40. The van der Waals surface area contributed by atoms with E-state index < -0.39 is 0 Å². The largest absolute Gasteiger partial charge is 0.508 e. The fourth-order valence-electron chi connectivity index (χ4n) is 3.65. The predicted molar refractivity (Wildman–Crippen MR) is 95.6 cm³/mol. The van der Waals surface area contributed by atoms with E-state index in [0.29, 0.717) is 5.75 Å². The van der Waals surface area contributed by atoms with Crippen molar-refractivity contribution >= 4 is 0 Å². The van der Waals surface area contributed by atoms with Gasteiger partial charge in [-0.05, 0) is 63.0 Å². The third-order valence-electron chi connectivity index (χ3n) is 5.10. The molecule has 2 aromatic rings. The number of nitrogens with zero attached hydrogens (tertiary/aromatic N) is 1. The van der Waals surface area contributed by atoms with Gasteiger partial charge in [0.05, 0.1) is 0 Å². The monoisotopic (exact) mass is 307 g/mol. The van der Waals surface area contributed by atoms with Gasteiger partial charge in [-0.25, -0.2) is 0 Å².